The van der Waals surface area contributed by atoms with E-state index in [2.05, 4.69) is 5.32 Å². The Kier molecular flexibility index (Phi) is 7.23. The first-order valence-corrected chi connectivity index (χ1v) is 10.7. The van der Waals surface area contributed by atoms with Gasteiger partial charge in [-0.2, -0.15) is 9.65 Å². The second-order valence-electron chi connectivity index (χ2n) is 6.96. The van der Waals surface area contributed by atoms with E-state index >= 15 is 0 Å². The molecule has 0 fully saturated rings. The molecule has 2 aromatic heterocycles. The molecule has 0 spiro atoms. The van der Waals surface area contributed by atoms with Crippen molar-refractivity contribution in [2.45, 2.75) is 20.8 Å². The van der Waals surface area contributed by atoms with Crippen molar-refractivity contribution < 1.29 is 28.1 Å². The van der Waals surface area contributed by atoms with Crippen molar-refractivity contribution in [2.75, 3.05) is 11.9 Å². The zero-order valence-corrected chi connectivity index (χ0v) is 19.1. The Morgan fingerprint density at radius 3 is 2.71 bits per heavy atom. The maximum Gasteiger partial charge on any atom is 0.341 e. The van der Waals surface area contributed by atoms with Crippen LogP contribution in [0.5, 0.6) is 0 Å². The van der Waals surface area contributed by atoms with Gasteiger partial charge in [-0.15, -0.1) is 11.3 Å². The molecule has 0 atom stereocenters. The molecule has 3 aromatic rings. The number of nitriles is 1. The maximum absolute atomic E-state index is 13.6. The number of nitro benzene ring substituents is 1. The van der Waals surface area contributed by atoms with Crippen LogP contribution in [-0.4, -0.2) is 23.4 Å². The molecule has 1 aromatic carbocycles. The van der Waals surface area contributed by atoms with E-state index in [1.807, 2.05) is 0 Å². The number of nitro groups is 1. The van der Waals surface area contributed by atoms with Crippen molar-refractivity contribution in [3.8, 4) is 17.4 Å². The smallest absolute Gasteiger partial charge is 0.341 e. The number of esters is 1. The van der Waals surface area contributed by atoms with Gasteiger partial charge in [0.25, 0.3) is 5.91 Å². The molecule has 0 bridgehead atoms. The lowest BCUT2D eigenvalue weighted by atomic mass is 10.1. The van der Waals surface area contributed by atoms with E-state index < -0.39 is 28.3 Å². The molecule has 0 saturated carbocycles. The molecule has 2 heterocycles. The predicted octanol–water partition coefficient (Wildman–Crippen LogP) is 5.39. The summed E-state index contributed by atoms with van der Waals surface area (Å²) in [6.07, 6.45) is 1.19. The fraction of sp³-hybridized carbons (Fsp3) is 0.174. The number of ether oxygens (including phenoxy) is 1. The van der Waals surface area contributed by atoms with E-state index in [0.717, 1.165) is 17.0 Å². The molecule has 0 saturated heterocycles. The number of hydrogen-bond acceptors (Lipinski definition) is 8. The third kappa shape index (κ3) is 5.02. The number of thiophene rings is 1. The standard InChI is InChI=1S/C23H18FN3O6S/c1-4-32-23(29)20-12(2)13(3)34-22(20)26-21(28)15(11-25)9-16-6-8-19(33-16)14-5-7-17(24)18(10-14)27(30)31/h5-10H,4H2,1-3H3,(H,26,28)/b15-9+. The molecule has 0 radical (unpaired) electrons. The number of amides is 1. The van der Waals surface area contributed by atoms with Crippen LogP contribution in [0.2, 0.25) is 0 Å². The second kappa shape index (κ2) is 10.1. The predicted molar refractivity (Wildman–Crippen MR) is 123 cm³/mol. The van der Waals surface area contributed by atoms with Crippen LogP contribution in [-0.2, 0) is 9.53 Å². The van der Waals surface area contributed by atoms with Crippen molar-refractivity contribution in [3.05, 3.63) is 73.6 Å². The summed E-state index contributed by atoms with van der Waals surface area (Å²) in [7, 11) is 0. The van der Waals surface area contributed by atoms with Gasteiger partial charge in [0.1, 0.15) is 28.2 Å². The third-order valence-corrected chi connectivity index (χ3v) is 5.92. The van der Waals surface area contributed by atoms with E-state index in [0.29, 0.717) is 5.56 Å². The van der Waals surface area contributed by atoms with Crippen molar-refractivity contribution in [2.24, 2.45) is 0 Å². The first-order valence-electron chi connectivity index (χ1n) is 9.90. The number of benzene rings is 1. The van der Waals surface area contributed by atoms with Gasteiger partial charge in [0.05, 0.1) is 17.1 Å². The molecule has 0 aliphatic rings. The summed E-state index contributed by atoms with van der Waals surface area (Å²) < 4.78 is 24.2. The fourth-order valence-electron chi connectivity index (χ4n) is 3.02. The number of furan rings is 1. The van der Waals surface area contributed by atoms with E-state index in [9.17, 15) is 29.4 Å². The lowest BCUT2D eigenvalue weighted by Crippen LogP contribution is -2.16. The number of carbonyl (C=O) groups excluding carboxylic acids is 2. The second-order valence-corrected chi connectivity index (χ2v) is 8.18. The lowest BCUT2D eigenvalue weighted by molar-refractivity contribution is -0.387. The Labute approximate surface area is 197 Å². The molecule has 0 aliphatic heterocycles. The minimum atomic E-state index is -0.981. The molecular formula is C23H18FN3O6S. The molecule has 34 heavy (non-hydrogen) atoms. The number of halogens is 1. The van der Waals surface area contributed by atoms with Crippen LogP contribution in [0.1, 0.15) is 33.5 Å². The van der Waals surface area contributed by atoms with E-state index in [1.54, 1.807) is 26.8 Å². The lowest BCUT2D eigenvalue weighted by Gasteiger charge is -2.06. The van der Waals surface area contributed by atoms with Crippen LogP contribution in [0.15, 0.2) is 40.3 Å². The normalized spacial score (nSPS) is 11.1. The van der Waals surface area contributed by atoms with Gasteiger partial charge in [-0.05, 0) is 50.6 Å². The fourth-order valence-corrected chi connectivity index (χ4v) is 4.06. The molecule has 0 aliphatic carbocycles. The van der Waals surface area contributed by atoms with Crippen LogP contribution >= 0.6 is 11.3 Å². The van der Waals surface area contributed by atoms with E-state index in [4.69, 9.17) is 9.15 Å². The quantitative estimate of drug-likeness (QED) is 0.156. The minimum absolute atomic E-state index is 0.123. The number of carbonyl (C=O) groups is 2. The van der Waals surface area contributed by atoms with Gasteiger partial charge in [-0.3, -0.25) is 14.9 Å². The van der Waals surface area contributed by atoms with Crippen molar-refractivity contribution >= 4 is 40.0 Å². The Bertz CT molecular complexity index is 1370. The van der Waals surface area contributed by atoms with Crippen molar-refractivity contribution in [1.29, 1.82) is 5.26 Å². The highest BCUT2D eigenvalue weighted by Crippen LogP contribution is 2.33. The summed E-state index contributed by atoms with van der Waals surface area (Å²) in [5.41, 5.74) is 0.143. The maximum atomic E-state index is 13.6. The molecule has 1 N–H and O–H groups in total. The molecule has 1 amide bonds. The average molecular weight is 483 g/mol. The van der Waals surface area contributed by atoms with Gasteiger partial charge >= 0.3 is 11.7 Å². The van der Waals surface area contributed by atoms with Crippen LogP contribution < -0.4 is 5.32 Å². The highest BCUT2D eigenvalue weighted by molar-refractivity contribution is 7.16. The Hall–Kier alpha value is -4.30. The monoisotopic (exact) mass is 483 g/mol. The van der Waals surface area contributed by atoms with Crippen molar-refractivity contribution in [3.63, 3.8) is 0 Å². The number of nitrogens with zero attached hydrogens (tertiary/aromatic N) is 2. The SMILES string of the molecule is CCOC(=O)c1c(NC(=O)/C(C#N)=C/c2ccc(-c3ccc(F)c([N+](=O)[O-])c3)o2)sc(C)c1C. The van der Waals surface area contributed by atoms with Crippen LogP contribution in [0.3, 0.4) is 0 Å². The Balaban J connectivity index is 1.87. The average Bonchev–Trinajstić information content (AvgIpc) is 3.36. The molecular weight excluding hydrogens is 465 g/mol. The number of anilines is 1. The highest BCUT2D eigenvalue weighted by atomic mass is 32.1. The van der Waals surface area contributed by atoms with Gasteiger partial charge in [-0.1, -0.05) is 0 Å². The topological polar surface area (TPSA) is 135 Å². The van der Waals surface area contributed by atoms with Gasteiger partial charge in [0, 0.05) is 22.6 Å². The summed E-state index contributed by atoms with van der Waals surface area (Å²) in [6, 6.07) is 8.00. The summed E-state index contributed by atoms with van der Waals surface area (Å²) in [5.74, 6) is -2.01. The zero-order valence-electron chi connectivity index (χ0n) is 18.3. The van der Waals surface area contributed by atoms with Gasteiger partial charge in [-0.25, -0.2) is 4.79 Å². The first-order chi connectivity index (χ1) is 16.2. The van der Waals surface area contributed by atoms with Crippen molar-refractivity contribution in [1.82, 2.24) is 0 Å². The number of aryl methyl sites for hydroxylation is 1. The minimum Gasteiger partial charge on any atom is -0.462 e. The Morgan fingerprint density at radius 1 is 1.32 bits per heavy atom. The molecule has 3 rings (SSSR count). The van der Waals surface area contributed by atoms with Crippen LogP contribution in [0.25, 0.3) is 17.4 Å². The molecule has 11 heteroatoms. The summed E-state index contributed by atoms with van der Waals surface area (Å²) in [5, 5.41) is 23.3. The van der Waals surface area contributed by atoms with E-state index in [1.165, 1.54) is 35.6 Å². The summed E-state index contributed by atoms with van der Waals surface area (Å²) in [4.78, 5) is 36.0. The van der Waals surface area contributed by atoms with Gasteiger partial charge < -0.3 is 14.5 Å². The zero-order chi connectivity index (χ0) is 25.0. The third-order valence-electron chi connectivity index (χ3n) is 4.80. The number of nitrogens with one attached hydrogen (secondary N) is 1. The number of rotatable bonds is 7. The number of hydrogen-bond donors (Lipinski definition) is 1. The van der Waals surface area contributed by atoms with Crippen LogP contribution in [0, 0.1) is 41.1 Å². The molecule has 9 nitrogen and oxygen atoms in total. The first kappa shape index (κ1) is 24.3. The summed E-state index contributed by atoms with van der Waals surface area (Å²) in [6.45, 7) is 5.37. The highest BCUT2D eigenvalue weighted by Gasteiger charge is 2.23. The van der Waals surface area contributed by atoms with Gasteiger partial charge in [0.2, 0.25) is 5.82 Å². The summed E-state index contributed by atoms with van der Waals surface area (Å²) >= 11 is 1.19. The molecule has 0 unspecified atom stereocenters. The largest absolute Gasteiger partial charge is 0.462 e. The van der Waals surface area contributed by atoms with Gasteiger partial charge in [0.15, 0.2) is 0 Å². The van der Waals surface area contributed by atoms with Crippen LogP contribution in [0.4, 0.5) is 15.1 Å². The Morgan fingerprint density at radius 2 is 2.06 bits per heavy atom. The molecule has 174 valence electrons. The van der Waals surface area contributed by atoms with E-state index in [-0.39, 0.29) is 39.8 Å².